The maximum atomic E-state index is 12.0. The summed E-state index contributed by atoms with van der Waals surface area (Å²) in [6.07, 6.45) is 0. The van der Waals surface area contributed by atoms with Gasteiger partial charge in [-0.25, -0.2) is 0 Å². The van der Waals surface area contributed by atoms with Gasteiger partial charge in [0.25, 0.3) is 0 Å². The van der Waals surface area contributed by atoms with Crippen molar-refractivity contribution in [2.45, 2.75) is 78.6 Å². The smallest absolute Gasteiger partial charge is 0.324 e. The van der Waals surface area contributed by atoms with Crippen LogP contribution in [0.25, 0.3) is 0 Å². The molecule has 0 saturated carbocycles. The summed E-state index contributed by atoms with van der Waals surface area (Å²) < 4.78 is 5.14. The lowest BCUT2D eigenvalue weighted by atomic mass is 10.00. The minimum absolute atomic E-state index is 0.00303. The minimum atomic E-state index is -0.343. The van der Waals surface area contributed by atoms with Crippen LogP contribution in [0.1, 0.15) is 55.4 Å². The summed E-state index contributed by atoms with van der Waals surface area (Å²) in [5.74, 6) is -0.198. The molecule has 2 N–H and O–H groups in total. The van der Waals surface area contributed by atoms with Crippen molar-refractivity contribution in [1.82, 2.24) is 10.6 Å². The van der Waals surface area contributed by atoms with Crippen molar-refractivity contribution in [3.63, 3.8) is 0 Å². The van der Waals surface area contributed by atoms with Gasteiger partial charge >= 0.3 is 5.97 Å². The summed E-state index contributed by atoms with van der Waals surface area (Å²) in [7, 11) is 0. The van der Waals surface area contributed by atoms with Gasteiger partial charge in [0, 0.05) is 17.1 Å². The topological polar surface area (TPSA) is 50.4 Å². The first kappa shape index (κ1) is 17.4. The first-order valence-corrected chi connectivity index (χ1v) is 6.68. The lowest BCUT2D eigenvalue weighted by molar-refractivity contribution is -0.147. The average molecular weight is 258 g/mol. The molecule has 0 amide bonds. The van der Waals surface area contributed by atoms with Gasteiger partial charge in [-0.05, 0) is 55.4 Å². The molecule has 0 spiro atoms. The molecule has 0 aromatic carbocycles. The Hall–Kier alpha value is -0.610. The predicted molar refractivity (Wildman–Crippen MR) is 75.7 cm³/mol. The van der Waals surface area contributed by atoms with Crippen LogP contribution in [0.4, 0.5) is 0 Å². The van der Waals surface area contributed by atoms with Crippen molar-refractivity contribution in [3.8, 4) is 0 Å². The normalized spacial score (nSPS) is 16.2. The molecule has 0 aliphatic heterocycles. The Morgan fingerprint density at radius 2 is 1.50 bits per heavy atom. The van der Waals surface area contributed by atoms with Gasteiger partial charge < -0.3 is 10.1 Å². The van der Waals surface area contributed by atoms with Gasteiger partial charge in [0.1, 0.15) is 6.04 Å². The van der Waals surface area contributed by atoms with Crippen LogP contribution in [0.2, 0.25) is 0 Å². The van der Waals surface area contributed by atoms with Crippen molar-refractivity contribution >= 4 is 5.97 Å². The molecular formula is C14H30N2O2. The second kappa shape index (κ2) is 6.53. The summed E-state index contributed by atoms with van der Waals surface area (Å²) in [5, 5.41) is 6.74. The van der Waals surface area contributed by atoms with Gasteiger partial charge in [-0.1, -0.05) is 0 Å². The summed E-state index contributed by atoms with van der Waals surface area (Å²) in [6.45, 7) is 16.6. The molecule has 0 heterocycles. The van der Waals surface area contributed by atoms with Gasteiger partial charge in [0.2, 0.25) is 0 Å². The summed E-state index contributed by atoms with van der Waals surface area (Å²) >= 11 is 0. The van der Waals surface area contributed by atoms with E-state index in [1.807, 2.05) is 34.6 Å². The van der Waals surface area contributed by atoms with E-state index in [0.717, 1.165) is 0 Å². The first-order chi connectivity index (χ1) is 7.96. The third-order valence-electron chi connectivity index (χ3n) is 2.29. The molecule has 0 radical (unpaired) electrons. The van der Waals surface area contributed by atoms with E-state index in [1.54, 1.807) is 0 Å². The zero-order valence-electron chi connectivity index (χ0n) is 13.2. The highest BCUT2D eigenvalue weighted by molar-refractivity contribution is 5.76. The molecule has 0 unspecified atom stereocenters. The van der Waals surface area contributed by atoms with Crippen LogP contribution < -0.4 is 10.6 Å². The maximum Gasteiger partial charge on any atom is 0.324 e. The Morgan fingerprint density at radius 1 is 1.06 bits per heavy atom. The van der Waals surface area contributed by atoms with Crippen LogP contribution in [0.5, 0.6) is 0 Å². The fraction of sp³-hybridized carbons (Fsp3) is 0.929. The molecule has 4 heteroatoms. The van der Waals surface area contributed by atoms with Crippen molar-refractivity contribution in [1.29, 1.82) is 0 Å². The molecule has 0 saturated heterocycles. The quantitative estimate of drug-likeness (QED) is 0.741. The number of rotatable bonds is 5. The number of nitrogens with one attached hydrogen (secondary N) is 2. The zero-order chi connectivity index (χ0) is 14.6. The van der Waals surface area contributed by atoms with Crippen molar-refractivity contribution in [2.75, 3.05) is 6.61 Å². The molecule has 0 rings (SSSR count). The monoisotopic (exact) mass is 258 g/mol. The molecule has 0 aliphatic rings. The molecule has 18 heavy (non-hydrogen) atoms. The SMILES string of the molecule is CCOC(=O)[C@@H](NC(C)(C)C)[C@@H](C)NC(C)(C)C. The molecular weight excluding hydrogens is 228 g/mol. The van der Waals surface area contributed by atoms with Crippen molar-refractivity contribution in [3.05, 3.63) is 0 Å². The highest BCUT2D eigenvalue weighted by Crippen LogP contribution is 2.09. The molecule has 0 aromatic heterocycles. The minimum Gasteiger partial charge on any atom is -0.465 e. The third kappa shape index (κ3) is 7.67. The second-order valence-corrected chi connectivity index (χ2v) is 6.81. The van der Waals surface area contributed by atoms with E-state index in [4.69, 9.17) is 4.74 Å². The van der Waals surface area contributed by atoms with Gasteiger partial charge in [-0.3, -0.25) is 10.1 Å². The van der Waals surface area contributed by atoms with Crippen molar-refractivity contribution < 1.29 is 9.53 Å². The highest BCUT2D eigenvalue weighted by Gasteiger charge is 2.31. The van der Waals surface area contributed by atoms with Crippen LogP contribution in [0.15, 0.2) is 0 Å². The molecule has 0 aliphatic carbocycles. The largest absolute Gasteiger partial charge is 0.465 e. The van der Waals surface area contributed by atoms with Crippen LogP contribution in [0.3, 0.4) is 0 Å². The number of hydrogen-bond donors (Lipinski definition) is 2. The van der Waals surface area contributed by atoms with E-state index < -0.39 is 0 Å². The molecule has 2 atom stereocenters. The van der Waals surface area contributed by atoms with E-state index in [-0.39, 0.29) is 29.1 Å². The molecule has 0 fully saturated rings. The second-order valence-electron chi connectivity index (χ2n) is 6.81. The van der Waals surface area contributed by atoms with E-state index in [9.17, 15) is 4.79 Å². The fourth-order valence-electron chi connectivity index (χ4n) is 1.85. The number of carbonyl (C=O) groups is 1. The number of ether oxygens (including phenoxy) is 1. The molecule has 0 aromatic rings. The fourth-order valence-corrected chi connectivity index (χ4v) is 1.85. The Bertz CT molecular complexity index is 264. The Morgan fingerprint density at radius 3 is 1.83 bits per heavy atom. The van der Waals surface area contributed by atoms with E-state index >= 15 is 0 Å². The Labute approximate surface area is 112 Å². The maximum absolute atomic E-state index is 12.0. The lowest BCUT2D eigenvalue weighted by Crippen LogP contribution is -2.60. The van der Waals surface area contributed by atoms with Crippen LogP contribution in [-0.4, -0.2) is 35.7 Å². The lowest BCUT2D eigenvalue weighted by Gasteiger charge is -2.35. The van der Waals surface area contributed by atoms with Crippen LogP contribution >= 0.6 is 0 Å². The van der Waals surface area contributed by atoms with Gasteiger partial charge in [-0.2, -0.15) is 0 Å². The van der Waals surface area contributed by atoms with Gasteiger partial charge in [0.15, 0.2) is 0 Å². The van der Waals surface area contributed by atoms with E-state index in [0.29, 0.717) is 6.61 Å². The standard InChI is InChI=1S/C14H30N2O2/c1-9-18-12(17)11(16-14(6,7)8)10(2)15-13(3,4)5/h10-11,15-16H,9H2,1-8H3/t10-,11+/m1/s1. The summed E-state index contributed by atoms with van der Waals surface area (Å²) in [6, 6.07) is -0.340. The molecule has 108 valence electrons. The van der Waals surface area contributed by atoms with Crippen LogP contribution in [-0.2, 0) is 9.53 Å². The predicted octanol–water partition coefficient (Wildman–Crippen LogP) is 2.08. The van der Waals surface area contributed by atoms with Gasteiger partial charge in [-0.15, -0.1) is 0 Å². The number of hydrogen-bond acceptors (Lipinski definition) is 4. The first-order valence-electron chi connectivity index (χ1n) is 6.68. The highest BCUT2D eigenvalue weighted by atomic mass is 16.5. The zero-order valence-corrected chi connectivity index (χ0v) is 13.2. The Kier molecular flexibility index (Phi) is 6.30. The van der Waals surface area contributed by atoms with Gasteiger partial charge in [0.05, 0.1) is 6.61 Å². The number of carbonyl (C=O) groups excluding carboxylic acids is 1. The molecule has 4 nitrogen and oxygen atoms in total. The third-order valence-corrected chi connectivity index (χ3v) is 2.29. The van der Waals surface area contributed by atoms with E-state index in [2.05, 4.69) is 31.4 Å². The number of esters is 1. The average Bonchev–Trinajstić information content (AvgIpc) is 2.10. The molecule has 0 bridgehead atoms. The Balaban J connectivity index is 4.80. The van der Waals surface area contributed by atoms with Crippen molar-refractivity contribution in [2.24, 2.45) is 0 Å². The summed E-state index contributed by atoms with van der Waals surface area (Å²) in [4.78, 5) is 12.0. The van der Waals surface area contributed by atoms with Crippen LogP contribution in [0, 0.1) is 0 Å². The summed E-state index contributed by atoms with van der Waals surface area (Å²) in [5.41, 5.74) is -0.172. The van der Waals surface area contributed by atoms with E-state index in [1.165, 1.54) is 0 Å².